The van der Waals surface area contributed by atoms with E-state index in [0.717, 1.165) is 25.7 Å². The predicted octanol–water partition coefficient (Wildman–Crippen LogP) is 1.61. The van der Waals surface area contributed by atoms with Crippen molar-refractivity contribution in [3.63, 3.8) is 0 Å². The van der Waals surface area contributed by atoms with Crippen LogP contribution in [0.5, 0.6) is 0 Å². The maximum Gasteiger partial charge on any atom is 0.268 e. The van der Waals surface area contributed by atoms with Gasteiger partial charge in [0.05, 0.1) is 0 Å². The lowest BCUT2D eigenvalue weighted by Gasteiger charge is -2.10. The highest BCUT2D eigenvalue weighted by Gasteiger charge is 2.22. The third kappa shape index (κ3) is 3.21. The van der Waals surface area contributed by atoms with Gasteiger partial charge in [0.1, 0.15) is 4.90 Å². The first kappa shape index (κ1) is 13.8. The Balaban J connectivity index is 2.14. The number of nitrogens with one attached hydrogen (secondary N) is 2. The molecular weight excluding hydrogens is 320 g/mol. The SMILES string of the molecule is O=c1[nH]cc(Br)cc1S(=O)(=O)NCC1CCCC1. The molecule has 1 aliphatic rings. The van der Waals surface area contributed by atoms with Gasteiger partial charge in [-0.15, -0.1) is 0 Å². The predicted molar refractivity (Wildman–Crippen MR) is 71.9 cm³/mol. The van der Waals surface area contributed by atoms with Crippen molar-refractivity contribution in [2.75, 3.05) is 6.54 Å². The second kappa shape index (κ2) is 5.54. The minimum absolute atomic E-state index is 0.241. The number of halogens is 1. The van der Waals surface area contributed by atoms with E-state index in [-0.39, 0.29) is 4.90 Å². The van der Waals surface area contributed by atoms with Crippen molar-refractivity contribution in [1.82, 2.24) is 9.71 Å². The molecule has 0 radical (unpaired) electrons. The number of hydrogen-bond donors (Lipinski definition) is 2. The molecule has 1 fully saturated rings. The molecule has 0 unspecified atom stereocenters. The summed E-state index contributed by atoms with van der Waals surface area (Å²) >= 11 is 3.14. The van der Waals surface area contributed by atoms with Crippen LogP contribution in [0.25, 0.3) is 0 Å². The number of aromatic amines is 1. The van der Waals surface area contributed by atoms with E-state index in [4.69, 9.17) is 0 Å². The molecule has 0 saturated heterocycles. The van der Waals surface area contributed by atoms with E-state index in [1.807, 2.05) is 0 Å². The van der Waals surface area contributed by atoms with Crippen LogP contribution < -0.4 is 10.3 Å². The molecule has 18 heavy (non-hydrogen) atoms. The molecule has 0 amide bonds. The highest BCUT2D eigenvalue weighted by Crippen LogP contribution is 2.24. The molecule has 7 heteroatoms. The fourth-order valence-electron chi connectivity index (χ4n) is 2.16. The van der Waals surface area contributed by atoms with Crippen LogP contribution in [0.1, 0.15) is 25.7 Å². The van der Waals surface area contributed by atoms with Gasteiger partial charge < -0.3 is 4.98 Å². The zero-order valence-corrected chi connectivity index (χ0v) is 12.2. The van der Waals surface area contributed by atoms with E-state index in [1.54, 1.807) is 0 Å². The lowest BCUT2D eigenvalue weighted by Crippen LogP contribution is -2.32. The molecule has 1 aromatic heterocycles. The third-order valence-electron chi connectivity index (χ3n) is 3.16. The quantitative estimate of drug-likeness (QED) is 0.877. The van der Waals surface area contributed by atoms with Gasteiger partial charge in [-0.05, 0) is 40.8 Å². The smallest absolute Gasteiger partial charge is 0.268 e. The summed E-state index contributed by atoms with van der Waals surface area (Å²) in [7, 11) is -3.72. The Hall–Kier alpha value is -0.660. The van der Waals surface area contributed by atoms with Gasteiger partial charge in [-0.3, -0.25) is 4.79 Å². The molecule has 2 N–H and O–H groups in total. The minimum Gasteiger partial charge on any atom is -0.327 e. The van der Waals surface area contributed by atoms with Crippen LogP contribution in [0.3, 0.4) is 0 Å². The monoisotopic (exact) mass is 334 g/mol. The Morgan fingerprint density at radius 1 is 1.39 bits per heavy atom. The van der Waals surface area contributed by atoms with Gasteiger partial charge in [-0.25, -0.2) is 13.1 Å². The van der Waals surface area contributed by atoms with Crippen LogP contribution in [-0.2, 0) is 10.0 Å². The first-order valence-electron chi connectivity index (χ1n) is 5.87. The molecule has 0 bridgehead atoms. The maximum atomic E-state index is 12.0. The zero-order valence-electron chi connectivity index (χ0n) is 9.78. The minimum atomic E-state index is -3.72. The van der Waals surface area contributed by atoms with Gasteiger partial charge in [0.15, 0.2) is 0 Å². The van der Waals surface area contributed by atoms with Crippen molar-refractivity contribution in [2.24, 2.45) is 5.92 Å². The van der Waals surface area contributed by atoms with Crippen molar-refractivity contribution < 1.29 is 8.42 Å². The average Bonchev–Trinajstić information content (AvgIpc) is 2.83. The molecule has 1 aromatic rings. The lowest BCUT2D eigenvalue weighted by atomic mass is 10.1. The summed E-state index contributed by atoms with van der Waals surface area (Å²) < 4.78 is 27.1. The topological polar surface area (TPSA) is 79.0 Å². The average molecular weight is 335 g/mol. The molecule has 0 aliphatic heterocycles. The van der Waals surface area contributed by atoms with Gasteiger partial charge in [0, 0.05) is 17.2 Å². The molecule has 100 valence electrons. The number of pyridine rings is 1. The van der Waals surface area contributed by atoms with E-state index in [0.29, 0.717) is 16.9 Å². The Bertz CT molecular complexity index is 576. The molecule has 1 aliphatic carbocycles. The van der Waals surface area contributed by atoms with Crippen molar-refractivity contribution in [3.05, 3.63) is 27.1 Å². The van der Waals surface area contributed by atoms with E-state index in [1.165, 1.54) is 12.3 Å². The standard InChI is InChI=1S/C11H15BrN2O3S/c12-9-5-10(11(15)13-7-9)18(16,17)14-6-8-3-1-2-4-8/h5,7-8,14H,1-4,6H2,(H,13,15). The first-order chi connectivity index (χ1) is 8.49. The van der Waals surface area contributed by atoms with Gasteiger partial charge in [-0.2, -0.15) is 0 Å². The van der Waals surface area contributed by atoms with E-state index >= 15 is 0 Å². The third-order valence-corrected chi connectivity index (χ3v) is 5.05. The molecule has 5 nitrogen and oxygen atoms in total. The van der Waals surface area contributed by atoms with Crippen molar-refractivity contribution in [3.8, 4) is 0 Å². The Labute approximate surface area is 114 Å². The van der Waals surface area contributed by atoms with E-state index in [2.05, 4.69) is 25.6 Å². The second-order valence-electron chi connectivity index (χ2n) is 4.51. The Morgan fingerprint density at radius 3 is 2.72 bits per heavy atom. The van der Waals surface area contributed by atoms with Crippen LogP contribution in [-0.4, -0.2) is 19.9 Å². The zero-order chi connectivity index (χ0) is 13.2. The Morgan fingerprint density at radius 2 is 2.06 bits per heavy atom. The van der Waals surface area contributed by atoms with E-state index < -0.39 is 15.6 Å². The van der Waals surface area contributed by atoms with Gasteiger partial charge in [-0.1, -0.05) is 12.8 Å². The number of hydrogen-bond acceptors (Lipinski definition) is 3. The summed E-state index contributed by atoms with van der Waals surface area (Å²) in [6.07, 6.45) is 5.83. The summed E-state index contributed by atoms with van der Waals surface area (Å²) in [6, 6.07) is 1.32. The fraction of sp³-hybridized carbons (Fsp3) is 0.545. The van der Waals surface area contributed by atoms with Crippen LogP contribution in [0.4, 0.5) is 0 Å². The number of aromatic nitrogens is 1. The summed E-state index contributed by atoms with van der Waals surface area (Å²) in [5.41, 5.74) is -0.600. The molecule has 0 atom stereocenters. The second-order valence-corrected chi connectivity index (χ2v) is 7.16. The summed E-state index contributed by atoms with van der Waals surface area (Å²) in [5, 5.41) is 0. The molecule has 0 aromatic carbocycles. The van der Waals surface area contributed by atoms with Crippen LogP contribution in [0.2, 0.25) is 0 Å². The normalized spacial score (nSPS) is 17.2. The molecule has 1 heterocycles. The van der Waals surface area contributed by atoms with Crippen LogP contribution in [0, 0.1) is 5.92 Å². The summed E-state index contributed by atoms with van der Waals surface area (Å²) in [5.74, 6) is 0.394. The number of H-pyrrole nitrogens is 1. The largest absolute Gasteiger partial charge is 0.327 e. The summed E-state index contributed by atoms with van der Waals surface area (Å²) in [6.45, 7) is 0.411. The highest BCUT2D eigenvalue weighted by molar-refractivity contribution is 9.10. The molecular formula is C11H15BrN2O3S. The fourth-order valence-corrected chi connectivity index (χ4v) is 3.85. The van der Waals surface area contributed by atoms with Crippen molar-refractivity contribution in [1.29, 1.82) is 0 Å². The molecule has 1 saturated carbocycles. The van der Waals surface area contributed by atoms with Gasteiger partial charge in [0.2, 0.25) is 10.0 Å². The van der Waals surface area contributed by atoms with Crippen LogP contribution >= 0.6 is 15.9 Å². The lowest BCUT2D eigenvalue weighted by molar-refractivity contribution is 0.519. The number of sulfonamides is 1. The Kier molecular flexibility index (Phi) is 4.24. The molecule has 0 spiro atoms. The first-order valence-corrected chi connectivity index (χ1v) is 8.14. The summed E-state index contributed by atoms with van der Waals surface area (Å²) in [4.78, 5) is 13.7. The van der Waals surface area contributed by atoms with Crippen LogP contribution in [0.15, 0.2) is 26.4 Å². The van der Waals surface area contributed by atoms with Gasteiger partial charge >= 0.3 is 0 Å². The van der Waals surface area contributed by atoms with E-state index in [9.17, 15) is 13.2 Å². The number of rotatable bonds is 4. The highest BCUT2D eigenvalue weighted by atomic mass is 79.9. The molecule has 2 rings (SSSR count). The maximum absolute atomic E-state index is 12.0. The van der Waals surface area contributed by atoms with Crippen molar-refractivity contribution >= 4 is 26.0 Å². The van der Waals surface area contributed by atoms with Crippen molar-refractivity contribution in [2.45, 2.75) is 30.6 Å². The van der Waals surface area contributed by atoms with Gasteiger partial charge in [0.25, 0.3) is 5.56 Å².